The molecule has 1 aliphatic rings. The molecule has 0 aliphatic carbocycles. The number of nitrogens with zero attached hydrogens (tertiary/aromatic N) is 2. The van der Waals surface area contributed by atoms with Gasteiger partial charge in [-0.2, -0.15) is 0 Å². The quantitative estimate of drug-likeness (QED) is 0.563. The smallest absolute Gasteiger partial charge is 0.258 e. The van der Waals surface area contributed by atoms with Crippen LogP contribution in [0.1, 0.15) is 19.0 Å². The molecule has 1 amide bonds. The minimum Gasteiger partial charge on any atom is -0.512 e. The largest absolute Gasteiger partial charge is 0.512 e. The van der Waals surface area contributed by atoms with E-state index in [0.717, 1.165) is 18.7 Å². The molecule has 0 fully saturated rings. The fraction of sp³-hybridized carbons (Fsp3) is 0.357. The van der Waals surface area contributed by atoms with Crippen molar-refractivity contribution in [1.29, 1.82) is 0 Å². The van der Waals surface area contributed by atoms with Gasteiger partial charge in [0.1, 0.15) is 17.2 Å². The standard InChI is InChI=1S/C14H18N4O2/c1-10(19)12(13-16-7-4-8-17-13)14(20)18-9-11-5-2-3-6-15-11/h2-3,5-6,19H,4,7-9H2,1H3,(H,16,17)(H,18,20)/b12-10-. The normalized spacial score (nSPS) is 15.8. The number of allylic oxidation sites excluding steroid dienone is 1. The fourth-order valence-corrected chi connectivity index (χ4v) is 1.91. The van der Waals surface area contributed by atoms with Crippen molar-refractivity contribution in [2.75, 3.05) is 13.1 Å². The van der Waals surface area contributed by atoms with Gasteiger partial charge < -0.3 is 15.7 Å². The first-order chi connectivity index (χ1) is 9.68. The SMILES string of the molecule is C/C(O)=C(/C(=O)NCc1ccccn1)C1=NCCCN1. The highest BCUT2D eigenvalue weighted by molar-refractivity contribution is 6.21. The van der Waals surface area contributed by atoms with Crippen molar-refractivity contribution >= 4 is 11.7 Å². The fourth-order valence-electron chi connectivity index (χ4n) is 1.91. The minimum atomic E-state index is -0.358. The van der Waals surface area contributed by atoms with Crippen molar-refractivity contribution in [3.05, 3.63) is 41.4 Å². The molecule has 3 N–H and O–H groups in total. The van der Waals surface area contributed by atoms with Crippen LogP contribution in [0.3, 0.4) is 0 Å². The number of rotatable bonds is 4. The third kappa shape index (κ3) is 3.57. The molecular weight excluding hydrogens is 256 g/mol. The Kier molecular flexibility index (Phi) is 4.70. The van der Waals surface area contributed by atoms with E-state index in [-0.39, 0.29) is 17.2 Å². The lowest BCUT2D eigenvalue weighted by molar-refractivity contribution is -0.117. The van der Waals surface area contributed by atoms with Crippen molar-refractivity contribution in [2.24, 2.45) is 4.99 Å². The maximum atomic E-state index is 12.2. The van der Waals surface area contributed by atoms with Crippen molar-refractivity contribution in [1.82, 2.24) is 15.6 Å². The number of aliphatic hydroxyl groups excluding tert-OH is 1. The first kappa shape index (κ1) is 14.0. The Morgan fingerprint density at radius 3 is 2.95 bits per heavy atom. The van der Waals surface area contributed by atoms with Crippen LogP contribution in [0, 0.1) is 0 Å². The molecular formula is C14H18N4O2. The third-order valence-corrected chi connectivity index (χ3v) is 2.88. The van der Waals surface area contributed by atoms with Crippen LogP contribution >= 0.6 is 0 Å². The van der Waals surface area contributed by atoms with Crippen LogP contribution in [0.25, 0.3) is 0 Å². The zero-order chi connectivity index (χ0) is 14.4. The molecule has 0 atom stereocenters. The summed E-state index contributed by atoms with van der Waals surface area (Å²) in [5.41, 5.74) is 0.954. The van der Waals surface area contributed by atoms with Gasteiger partial charge in [0.25, 0.3) is 5.91 Å². The minimum absolute atomic E-state index is 0.0447. The van der Waals surface area contributed by atoms with Gasteiger partial charge in [0.05, 0.1) is 12.2 Å². The molecule has 0 bridgehead atoms. The first-order valence-electron chi connectivity index (χ1n) is 6.55. The third-order valence-electron chi connectivity index (χ3n) is 2.88. The second kappa shape index (κ2) is 6.70. The number of hydrogen-bond acceptors (Lipinski definition) is 5. The summed E-state index contributed by atoms with van der Waals surface area (Å²) in [6, 6.07) is 5.50. The van der Waals surface area contributed by atoms with Gasteiger partial charge in [-0.3, -0.25) is 14.8 Å². The molecule has 1 aromatic heterocycles. The predicted octanol–water partition coefficient (Wildman–Crippen LogP) is 0.922. The highest BCUT2D eigenvalue weighted by Crippen LogP contribution is 2.07. The second-order valence-corrected chi connectivity index (χ2v) is 4.47. The predicted molar refractivity (Wildman–Crippen MR) is 76.3 cm³/mol. The number of amidine groups is 1. The number of aliphatic hydroxyl groups is 1. The Hall–Kier alpha value is -2.37. The lowest BCUT2D eigenvalue weighted by atomic mass is 10.1. The Balaban J connectivity index is 2.05. The van der Waals surface area contributed by atoms with Gasteiger partial charge in [-0.1, -0.05) is 6.07 Å². The van der Waals surface area contributed by atoms with Crippen molar-refractivity contribution in [2.45, 2.75) is 19.9 Å². The van der Waals surface area contributed by atoms with Crippen LogP contribution in [0.5, 0.6) is 0 Å². The van der Waals surface area contributed by atoms with Crippen molar-refractivity contribution in [3.63, 3.8) is 0 Å². The number of hydrogen-bond donors (Lipinski definition) is 3. The number of aromatic nitrogens is 1. The molecule has 106 valence electrons. The molecule has 0 saturated carbocycles. The molecule has 0 saturated heterocycles. The number of amides is 1. The summed E-state index contributed by atoms with van der Waals surface area (Å²) in [4.78, 5) is 20.5. The molecule has 2 rings (SSSR count). The molecule has 0 aromatic carbocycles. The summed E-state index contributed by atoms with van der Waals surface area (Å²) in [7, 11) is 0. The van der Waals surface area contributed by atoms with Crippen LogP contribution in [0.15, 0.2) is 40.7 Å². The highest BCUT2D eigenvalue weighted by Gasteiger charge is 2.20. The monoisotopic (exact) mass is 274 g/mol. The van der Waals surface area contributed by atoms with E-state index in [1.807, 2.05) is 18.2 Å². The Morgan fingerprint density at radius 1 is 1.50 bits per heavy atom. The van der Waals surface area contributed by atoms with Crippen LogP contribution in [0.2, 0.25) is 0 Å². The molecule has 20 heavy (non-hydrogen) atoms. The lowest BCUT2D eigenvalue weighted by Crippen LogP contribution is -2.38. The zero-order valence-corrected chi connectivity index (χ0v) is 11.4. The molecule has 0 unspecified atom stereocenters. The number of aliphatic imine (C=N–C) groups is 1. The molecule has 0 spiro atoms. The van der Waals surface area contributed by atoms with E-state index >= 15 is 0 Å². The van der Waals surface area contributed by atoms with E-state index < -0.39 is 0 Å². The Bertz CT molecular complexity index is 533. The lowest BCUT2D eigenvalue weighted by Gasteiger charge is -2.17. The topological polar surface area (TPSA) is 86.6 Å². The van der Waals surface area contributed by atoms with Gasteiger partial charge >= 0.3 is 0 Å². The summed E-state index contributed by atoms with van der Waals surface area (Å²) in [5.74, 6) is 0.0512. The van der Waals surface area contributed by atoms with Gasteiger partial charge in [0.15, 0.2) is 0 Å². The van der Waals surface area contributed by atoms with Gasteiger partial charge in [0, 0.05) is 19.3 Å². The van der Waals surface area contributed by atoms with Crippen LogP contribution in [0.4, 0.5) is 0 Å². The first-order valence-corrected chi connectivity index (χ1v) is 6.55. The van der Waals surface area contributed by atoms with Crippen LogP contribution in [-0.2, 0) is 11.3 Å². The van der Waals surface area contributed by atoms with Crippen LogP contribution in [-0.4, -0.2) is 34.9 Å². The number of pyridine rings is 1. The summed E-state index contributed by atoms with van der Waals surface area (Å²) < 4.78 is 0. The molecule has 2 heterocycles. The van der Waals surface area contributed by atoms with Gasteiger partial charge in [0.2, 0.25) is 0 Å². The van der Waals surface area contributed by atoms with Gasteiger partial charge in [-0.05, 0) is 25.5 Å². The summed E-state index contributed by atoms with van der Waals surface area (Å²) in [6.07, 6.45) is 2.60. The average molecular weight is 274 g/mol. The maximum Gasteiger partial charge on any atom is 0.258 e. The van der Waals surface area contributed by atoms with E-state index in [2.05, 4.69) is 20.6 Å². The number of carbonyl (C=O) groups excluding carboxylic acids is 1. The summed E-state index contributed by atoms with van der Waals surface area (Å²) in [5, 5.41) is 15.5. The average Bonchev–Trinajstić information content (AvgIpc) is 2.47. The maximum absolute atomic E-state index is 12.2. The van der Waals surface area contributed by atoms with E-state index in [0.29, 0.717) is 18.9 Å². The zero-order valence-electron chi connectivity index (χ0n) is 11.4. The van der Waals surface area contributed by atoms with E-state index in [1.54, 1.807) is 6.20 Å². The van der Waals surface area contributed by atoms with Gasteiger partial charge in [-0.25, -0.2) is 0 Å². The van der Waals surface area contributed by atoms with E-state index in [9.17, 15) is 9.90 Å². The van der Waals surface area contributed by atoms with Crippen LogP contribution < -0.4 is 10.6 Å². The molecule has 1 aromatic rings. The highest BCUT2D eigenvalue weighted by atomic mass is 16.3. The molecule has 1 aliphatic heterocycles. The van der Waals surface area contributed by atoms with E-state index in [4.69, 9.17) is 0 Å². The summed E-state index contributed by atoms with van der Waals surface area (Å²) >= 11 is 0. The summed E-state index contributed by atoms with van der Waals surface area (Å²) in [6.45, 7) is 3.20. The van der Waals surface area contributed by atoms with E-state index in [1.165, 1.54) is 6.92 Å². The van der Waals surface area contributed by atoms with Crippen molar-refractivity contribution in [3.8, 4) is 0 Å². The molecule has 6 heteroatoms. The second-order valence-electron chi connectivity index (χ2n) is 4.47. The molecule has 0 radical (unpaired) electrons. The van der Waals surface area contributed by atoms with Crippen molar-refractivity contribution < 1.29 is 9.90 Å². The Labute approximate surface area is 117 Å². The number of nitrogens with one attached hydrogen (secondary N) is 2. The van der Waals surface area contributed by atoms with Gasteiger partial charge in [-0.15, -0.1) is 0 Å². The Morgan fingerprint density at radius 2 is 2.35 bits per heavy atom. The number of carbonyl (C=O) groups is 1. The molecule has 6 nitrogen and oxygen atoms in total.